The lowest BCUT2D eigenvalue weighted by atomic mass is 9.84. The molecule has 2 aliphatic rings. The van der Waals surface area contributed by atoms with Crippen LogP contribution in [0.25, 0.3) is 0 Å². The standard InChI is InChI=1S/C46H43F5N2O4/c47-39-38(40(48)42(50)43(51)41(39)49)28-52-26-10-25-46(52,57-30-33-13-6-2-7-14-33)45(55)53(27-31-17-19-35(20-18-31)34-15-8-3-9-16-34)37-23-21-36(22-24-37)44(54)56-29-32-11-4-1-5-12-32/h1-2,4-7,11-14,17-24,34H,3,8-10,15-16,25-30H2/t46-/m1/s1. The van der Waals surface area contributed by atoms with Crippen molar-refractivity contribution in [1.29, 1.82) is 0 Å². The van der Waals surface area contributed by atoms with Crippen LogP contribution in [0.15, 0.2) is 109 Å². The molecule has 296 valence electrons. The van der Waals surface area contributed by atoms with E-state index < -0.39 is 58.8 Å². The Morgan fingerprint density at radius 1 is 0.649 bits per heavy atom. The third-order valence-corrected chi connectivity index (χ3v) is 11.0. The highest BCUT2D eigenvalue weighted by atomic mass is 19.2. The Hall–Kier alpha value is -5.39. The summed E-state index contributed by atoms with van der Waals surface area (Å²) in [4.78, 5) is 31.2. The first-order chi connectivity index (χ1) is 27.6. The van der Waals surface area contributed by atoms with E-state index in [1.165, 1.54) is 34.6 Å². The fourth-order valence-electron chi connectivity index (χ4n) is 7.87. The largest absolute Gasteiger partial charge is 0.457 e. The summed E-state index contributed by atoms with van der Waals surface area (Å²) < 4.78 is 85.3. The number of benzene rings is 5. The molecule has 1 heterocycles. The summed E-state index contributed by atoms with van der Waals surface area (Å²) >= 11 is 0. The first-order valence-electron chi connectivity index (χ1n) is 19.3. The van der Waals surface area contributed by atoms with Gasteiger partial charge >= 0.3 is 5.97 Å². The average Bonchev–Trinajstić information content (AvgIpc) is 3.68. The molecule has 1 amide bonds. The van der Waals surface area contributed by atoms with Crippen molar-refractivity contribution in [3.05, 3.63) is 172 Å². The Balaban J connectivity index is 1.24. The predicted octanol–water partition coefficient (Wildman–Crippen LogP) is 10.5. The summed E-state index contributed by atoms with van der Waals surface area (Å²) in [6, 6.07) is 32.7. The minimum Gasteiger partial charge on any atom is -0.457 e. The monoisotopic (exact) mass is 782 g/mol. The van der Waals surface area contributed by atoms with Crippen molar-refractivity contribution < 1.29 is 41.0 Å². The average molecular weight is 783 g/mol. The molecule has 5 aromatic rings. The summed E-state index contributed by atoms with van der Waals surface area (Å²) in [5, 5.41) is 0. The molecule has 1 atom stereocenters. The van der Waals surface area contributed by atoms with Crippen molar-refractivity contribution in [2.24, 2.45) is 0 Å². The Morgan fingerprint density at radius 3 is 1.84 bits per heavy atom. The van der Waals surface area contributed by atoms with Gasteiger partial charge in [-0.2, -0.15) is 0 Å². The molecule has 0 N–H and O–H groups in total. The van der Waals surface area contributed by atoms with E-state index >= 15 is 13.6 Å². The molecular formula is C46H43F5N2O4. The number of nitrogens with zero attached hydrogens (tertiary/aromatic N) is 2. The van der Waals surface area contributed by atoms with Crippen LogP contribution in [0.2, 0.25) is 0 Å². The van der Waals surface area contributed by atoms with Crippen LogP contribution >= 0.6 is 0 Å². The van der Waals surface area contributed by atoms with Crippen molar-refractivity contribution in [1.82, 2.24) is 4.90 Å². The molecular weight excluding hydrogens is 740 g/mol. The molecule has 57 heavy (non-hydrogen) atoms. The maximum absolute atomic E-state index is 15.3. The van der Waals surface area contributed by atoms with Crippen LogP contribution in [0, 0.1) is 29.1 Å². The zero-order valence-corrected chi connectivity index (χ0v) is 31.4. The minimum absolute atomic E-state index is 0.0500. The molecule has 1 saturated carbocycles. The molecule has 2 fully saturated rings. The number of amides is 1. The first kappa shape index (κ1) is 39.8. The van der Waals surface area contributed by atoms with Gasteiger partial charge in [0, 0.05) is 30.8 Å². The molecule has 0 spiro atoms. The first-order valence-corrected chi connectivity index (χ1v) is 19.3. The Labute approximate surface area is 328 Å². The van der Waals surface area contributed by atoms with Gasteiger partial charge in [-0.15, -0.1) is 0 Å². The van der Waals surface area contributed by atoms with E-state index in [1.54, 1.807) is 48.5 Å². The van der Waals surface area contributed by atoms with Crippen molar-refractivity contribution in [3.8, 4) is 0 Å². The fourth-order valence-corrected chi connectivity index (χ4v) is 7.87. The van der Waals surface area contributed by atoms with Gasteiger partial charge in [0.2, 0.25) is 11.5 Å². The molecule has 1 aliphatic heterocycles. The second-order valence-electron chi connectivity index (χ2n) is 14.7. The summed E-state index contributed by atoms with van der Waals surface area (Å²) in [5.74, 6) is -11.0. The Kier molecular flexibility index (Phi) is 12.5. The summed E-state index contributed by atoms with van der Waals surface area (Å²) in [6.07, 6.45) is 6.20. The van der Waals surface area contributed by atoms with Crippen LogP contribution in [-0.2, 0) is 40.6 Å². The van der Waals surface area contributed by atoms with Gasteiger partial charge in [0.15, 0.2) is 23.3 Å². The van der Waals surface area contributed by atoms with Gasteiger partial charge in [-0.25, -0.2) is 26.7 Å². The highest BCUT2D eigenvalue weighted by Crippen LogP contribution is 2.39. The second-order valence-corrected chi connectivity index (χ2v) is 14.7. The fraction of sp³-hybridized carbons (Fsp3) is 0.304. The van der Waals surface area contributed by atoms with Crippen LogP contribution in [0.1, 0.15) is 89.0 Å². The molecule has 6 nitrogen and oxygen atoms in total. The van der Waals surface area contributed by atoms with Crippen LogP contribution in [0.5, 0.6) is 0 Å². The van der Waals surface area contributed by atoms with E-state index in [1.807, 2.05) is 48.5 Å². The number of rotatable bonds is 13. The predicted molar refractivity (Wildman–Crippen MR) is 205 cm³/mol. The van der Waals surface area contributed by atoms with Gasteiger partial charge in [-0.1, -0.05) is 104 Å². The van der Waals surface area contributed by atoms with Crippen molar-refractivity contribution in [2.75, 3.05) is 11.4 Å². The maximum Gasteiger partial charge on any atom is 0.338 e. The van der Waals surface area contributed by atoms with Gasteiger partial charge < -0.3 is 14.4 Å². The highest BCUT2D eigenvalue weighted by molar-refractivity contribution is 6.00. The molecule has 7 rings (SSSR count). The molecule has 0 radical (unpaired) electrons. The molecule has 1 aliphatic carbocycles. The number of ether oxygens (including phenoxy) is 2. The van der Waals surface area contributed by atoms with Gasteiger partial charge in [0.05, 0.1) is 18.7 Å². The third-order valence-electron chi connectivity index (χ3n) is 11.0. The van der Waals surface area contributed by atoms with Gasteiger partial charge in [-0.05, 0) is 71.7 Å². The maximum atomic E-state index is 15.3. The number of anilines is 1. The minimum atomic E-state index is -2.26. The Bertz CT molecular complexity index is 2140. The van der Waals surface area contributed by atoms with Crippen molar-refractivity contribution in [2.45, 2.75) is 82.9 Å². The molecule has 0 aromatic heterocycles. The highest BCUT2D eigenvalue weighted by Gasteiger charge is 2.51. The second kappa shape index (κ2) is 17.8. The van der Waals surface area contributed by atoms with Crippen molar-refractivity contribution in [3.63, 3.8) is 0 Å². The molecule has 11 heteroatoms. The number of hydrogen-bond donors (Lipinski definition) is 0. The summed E-state index contributed by atoms with van der Waals surface area (Å²) in [6.45, 7) is -0.688. The molecule has 1 saturated heterocycles. The van der Waals surface area contributed by atoms with Crippen molar-refractivity contribution >= 4 is 17.6 Å². The number of hydrogen-bond acceptors (Lipinski definition) is 5. The Morgan fingerprint density at radius 2 is 1.23 bits per heavy atom. The number of esters is 1. The van der Waals surface area contributed by atoms with E-state index in [9.17, 15) is 18.0 Å². The van der Waals surface area contributed by atoms with Gasteiger partial charge in [-0.3, -0.25) is 9.69 Å². The smallest absolute Gasteiger partial charge is 0.338 e. The van der Waals surface area contributed by atoms with Gasteiger partial charge in [0.25, 0.3) is 5.91 Å². The van der Waals surface area contributed by atoms with E-state index in [0.29, 0.717) is 23.6 Å². The quantitative estimate of drug-likeness (QED) is 0.0515. The zero-order valence-electron chi connectivity index (χ0n) is 31.4. The van der Waals surface area contributed by atoms with Crippen LogP contribution in [-0.4, -0.2) is 29.0 Å². The third kappa shape index (κ3) is 8.79. The zero-order chi connectivity index (χ0) is 39.9. The summed E-state index contributed by atoms with van der Waals surface area (Å²) in [7, 11) is 0. The van der Waals surface area contributed by atoms with Crippen LogP contribution in [0.3, 0.4) is 0 Å². The molecule has 5 aromatic carbocycles. The number of carbonyl (C=O) groups excluding carboxylic acids is 2. The SMILES string of the molecule is O=C(OCc1ccccc1)c1ccc(N(Cc2ccc(C3CCCCC3)cc2)C(=O)[C@]2(OCc3ccccc3)CCCN2Cc2c(F)c(F)c(F)c(F)c2F)cc1. The molecule has 0 bridgehead atoms. The van der Waals surface area contributed by atoms with E-state index in [2.05, 4.69) is 12.1 Å². The number of likely N-dealkylation sites (tertiary alicyclic amines) is 1. The number of halogens is 5. The molecule has 0 unspecified atom stereocenters. The van der Waals surface area contributed by atoms with E-state index in [4.69, 9.17) is 9.47 Å². The van der Waals surface area contributed by atoms with Crippen LogP contribution < -0.4 is 4.90 Å². The lowest BCUT2D eigenvalue weighted by Gasteiger charge is -2.40. The topological polar surface area (TPSA) is 59.1 Å². The van der Waals surface area contributed by atoms with E-state index in [0.717, 1.165) is 24.0 Å². The summed E-state index contributed by atoms with van der Waals surface area (Å²) in [5.41, 5.74) is 1.24. The van der Waals surface area contributed by atoms with Gasteiger partial charge in [0.1, 0.15) is 6.61 Å². The lowest BCUT2D eigenvalue weighted by molar-refractivity contribution is -0.175. The number of carbonyl (C=O) groups is 2. The normalized spacial score (nSPS) is 17.4. The lowest BCUT2D eigenvalue weighted by Crippen LogP contribution is -2.58. The van der Waals surface area contributed by atoms with Crippen LogP contribution in [0.4, 0.5) is 27.6 Å². The van der Waals surface area contributed by atoms with E-state index in [-0.39, 0.29) is 38.3 Å².